The molecule has 0 unspecified atom stereocenters. The molecule has 1 saturated heterocycles. The van der Waals surface area contributed by atoms with Gasteiger partial charge in [-0.05, 0) is 38.8 Å². The van der Waals surface area contributed by atoms with Gasteiger partial charge in [0.05, 0.1) is 18.4 Å². The molecule has 2 amide bonds. The van der Waals surface area contributed by atoms with Gasteiger partial charge >= 0.3 is 5.97 Å². The molecule has 0 atom stereocenters. The Labute approximate surface area is 135 Å². The van der Waals surface area contributed by atoms with E-state index in [9.17, 15) is 14.4 Å². The van der Waals surface area contributed by atoms with Crippen molar-refractivity contribution in [1.29, 1.82) is 0 Å². The van der Waals surface area contributed by atoms with Crippen LogP contribution in [0.2, 0.25) is 0 Å². The average molecular weight is 318 g/mol. The maximum Gasteiger partial charge on any atom is 0.339 e. The molecular formula is C17H22N2O4. The second-order valence-corrected chi connectivity index (χ2v) is 6.12. The van der Waals surface area contributed by atoms with Gasteiger partial charge in [-0.1, -0.05) is 12.1 Å². The number of nitrogens with zero attached hydrogens (tertiary/aromatic N) is 1. The van der Waals surface area contributed by atoms with Gasteiger partial charge in [-0.2, -0.15) is 0 Å². The van der Waals surface area contributed by atoms with Crippen LogP contribution in [0.1, 0.15) is 37.0 Å². The second-order valence-electron chi connectivity index (χ2n) is 6.12. The summed E-state index contributed by atoms with van der Waals surface area (Å²) >= 11 is 0. The molecule has 1 aliphatic rings. The molecule has 0 spiro atoms. The lowest BCUT2D eigenvalue weighted by Gasteiger charge is -2.28. The lowest BCUT2D eigenvalue weighted by molar-refractivity contribution is -0.145. The van der Waals surface area contributed by atoms with Crippen molar-refractivity contribution in [2.45, 2.75) is 26.7 Å². The summed E-state index contributed by atoms with van der Waals surface area (Å²) in [6.07, 6.45) is 1.93. The van der Waals surface area contributed by atoms with Crippen molar-refractivity contribution in [2.24, 2.45) is 5.41 Å². The van der Waals surface area contributed by atoms with E-state index in [1.54, 1.807) is 43.0 Å². The predicted molar refractivity (Wildman–Crippen MR) is 86.0 cm³/mol. The normalized spacial score (nSPS) is 14.5. The number of amides is 2. The maximum atomic E-state index is 12.6. The molecule has 0 aromatic heterocycles. The minimum atomic E-state index is -1.20. The van der Waals surface area contributed by atoms with Gasteiger partial charge in [0.15, 0.2) is 0 Å². The van der Waals surface area contributed by atoms with E-state index < -0.39 is 17.3 Å². The Morgan fingerprint density at radius 2 is 1.74 bits per heavy atom. The van der Waals surface area contributed by atoms with Crippen LogP contribution in [0.5, 0.6) is 0 Å². The zero-order valence-electron chi connectivity index (χ0n) is 13.7. The van der Waals surface area contributed by atoms with E-state index in [0.29, 0.717) is 18.8 Å². The van der Waals surface area contributed by atoms with Crippen LogP contribution < -0.4 is 5.32 Å². The molecule has 1 aromatic carbocycles. The Hall–Kier alpha value is -2.37. The highest BCUT2D eigenvalue weighted by Crippen LogP contribution is 2.25. The Kier molecular flexibility index (Phi) is 5.03. The number of carbonyl (C=O) groups excluding carboxylic acids is 3. The number of carbonyl (C=O) groups is 3. The van der Waals surface area contributed by atoms with Crippen LogP contribution in [0.15, 0.2) is 24.3 Å². The first-order valence-corrected chi connectivity index (χ1v) is 7.66. The Morgan fingerprint density at radius 3 is 2.35 bits per heavy atom. The fourth-order valence-electron chi connectivity index (χ4n) is 2.57. The van der Waals surface area contributed by atoms with E-state index in [-0.39, 0.29) is 11.5 Å². The van der Waals surface area contributed by atoms with Crippen LogP contribution in [0, 0.1) is 5.41 Å². The summed E-state index contributed by atoms with van der Waals surface area (Å²) < 4.78 is 4.71. The lowest BCUT2D eigenvalue weighted by Crippen LogP contribution is -2.46. The Bertz CT molecular complexity index is 619. The van der Waals surface area contributed by atoms with Crippen LogP contribution in [0.4, 0.5) is 5.69 Å². The number of methoxy groups -OCH3 is 1. The molecular weight excluding hydrogens is 296 g/mol. The fraction of sp³-hybridized carbons (Fsp3) is 0.471. The average Bonchev–Trinajstić information content (AvgIpc) is 3.08. The quantitative estimate of drug-likeness (QED) is 0.681. The fourth-order valence-corrected chi connectivity index (χ4v) is 2.57. The second kappa shape index (κ2) is 6.81. The van der Waals surface area contributed by atoms with E-state index in [1.165, 1.54) is 7.11 Å². The SMILES string of the molecule is COC(=O)c1ccccc1NC(=O)C(C)(C)C(=O)N1CCCC1. The predicted octanol–water partition coefficient (Wildman–Crippen LogP) is 2.06. The van der Waals surface area contributed by atoms with Gasteiger partial charge in [0.1, 0.15) is 5.41 Å². The van der Waals surface area contributed by atoms with Crippen molar-refractivity contribution in [1.82, 2.24) is 4.90 Å². The molecule has 0 saturated carbocycles. The van der Waals surface area contributed by atoms with E-state index in [2.05, 4.69) is 5.32 Å². The molecule has 1 aromatic rings. The minimum Gasteiger partial charge on any atom is -0.465 e. The van der Waals surface area contributed by atoms with Gasteiger partial charge in [0.2, 0.25) is 11.8 Å². The number of likely N-dealkylation sites (tertiary alicyclic amines) is 1. The van der Waals surface area contributed by atoms with E-state index in [1.807, 2.05) is 0 Å². The number of esters is 1. The molecule has 23 heavy (non-hydrogen) atoms. The molecule has 1 N–H and O–H groups in total. The summed E-state index contributed by atoms with van der Waals surface area (Å²) in [6, 6.07) is 6.57. The number of nitrogens with one attached hydrogen (secondary N) is 1. The largest absolute Gasteiger partial charge is 0.465 e. The number of rotatable bonds is 4. The van der Waals surface area contributed by atoms with Gasteiger partial charge in [0.25, 0.3) is 0 Å². The maximum absolute atomic E-state index is 12.6. The van der Waals surface area contributed by atoms with Gasteiger partial charge in [-0.25, -0.2) is 4.79 Å². The highest BCUT2D eigenvalue weighted by Gasteiger charge is 2.40. The van der Waals surface area contributed by atoms with Crippen molar-refractivity contribution in [3.8, 4) is 0 Å². The van der Waals surface area contributed by atoms with Gasteiger partial charge in [-0.3, -0.25) is 9.59 Å². The molecule has 0 radical (unpaired) electrons. The standard InChI is InChI=1S/C17H22N2O4/c1-17(2,16(22)19-10-6-7-11-19)15(21)18-13-9-5-4-8-12(13)14(20)23-3/h4-5,8-9H,6-7,10-11H2,1-3H3,(H,18,21). The molecule has 6 nitrogen and oxygen atoms in total. The number of anilines is 1. The molecule has 0 aliphatic carbocycles. The third-order valence-corrected chi connectivity index (χ3v) is 4.08. The van der Waals surface area contributed by atoms with Crippen LogP contribution in [-0.2, 0) is 14.3 Å². The molecule has 2 rings (SSSR count). The number of ether oxygens (including phenoxy) is 1. The summed E-state index contributed by atoms with van der Waals surface area (Å²) in [4.78, 5) is 38.6. The Morgan fingerprint density at radius 1 is 1.13 bits per heavy atom. The van der Waals surface area contributed by atoms with Crippen molar-refractivity contribution in [3.05, 3.63) is 29.8 Å². The third kappa shape index (κ3) is 3.52. The number of hydrogen-bond acceptors (Lipinski definition) is 4. The van der Waals surface area contributed by atoms with Crippen LogP contribution in [0.3, 0.4) is 0 Å². The number of benzene rings is 1. The minimum absolute atomic E-state index is 0.192. The van der Waals surface area contributed by atoms with Crippen LogP contribution >= 0.6 is 0 Å². The van der Waals surface area contributed by atoms with Crippen molar-refractivity contribution >= 4 is 23.5 Å². The zero-order chi connectivity index (χ0) is 17.0. The lowest BCUT2D eigenvalue weighted by atomic mass is 9.90. The molecule has 1 fully saturated rings. The van der Waals surface area contributed by atoms with Gasteiger partial charge < -0.3 is 15.0 Å². The van der Waals surface area contributed by atoms with E-state index >= 15 is 0 Å². The summed E-state index contributed by atoms with van der Waals surface area (Å²) in [5, 5.41) is 2.68. The van der Waals surface area contributed by atoms with Crippen LogP contribution in [-0.4, -0.2) is 42.9 Å². The van der Waals surface area contributed by atoms with E-state index in [0.717, 1.165) is 12.8 Å². The zero-order valence-corrected chi connectivity index (χ0v) is 13.7. The first-order valence-electron chi connectivity index (χ1n) is 7.66. The number of hydrogen-bond donors (Lipinski definition) is 1. The molecule has 1 heterocycles. The highest BCUT2D eigenvalue weighted by atomic mass is 16.5. The summed E-state index contributed by atoms with van der Waals surface area (Å²) in [6.45, 7) is 4.58. The van der Waals surface area contributed by atoms with Gasteiger partial charge in [-0.15, -0.1) is 0 Å². The topological polar surface area (TPSA) is 75.7 Å². The van der Waals surface area contributed by atoms with Gasteiger partial charge in [0, 0.05) is 13.1 Å². The highest BCUT2D eigenvalue weighted by molar-refractivity contribution is 6.11. The van der Waals surface area contributed by atoms with E-state index in [4.69, 9.17) is 4.74 Å². The van der Waals surface area contributed by atoms with Crippen molar-refractivity contribution < 1.29 is 19.1 Å². The molecule has 0 bridgehead atoms. The first kappa shape index (κ1) is 17.0. The summed E-state index contributed by atoms with van der Waals surface area (Å²) in [5.74, 6) is -1.17. The number of para-hydroxylation sites is 1. The third-order valence-electron chi connectivity index (χ3n) is 4.08. The van der Waals surface area contributed by atoms with Crippen molar-refractivity contribution in [3.63, 3.8) is 0 Å². The molecule has 124 valence electrons. The van der Waals surface area contributed by atoms with Crippen LogP contribution in [0.25, 0.3) is 0 Å². The summed E-state index contributed by atoms with van der Waals surface area (Å²) in [7, 11) is 1.28. The molecule has 6 heteroatoms. The molecule has 1 aliphatic heterocycles. The summed E-state index contributed by atoms with van der Waals surface area (Å²) in [5.41, 5.74) is -0.604. The monoisotopic (exact) mass is 318 g/mol. The smallest absolute Gasteiger partial charge is 0.339 e. The first-order chi connectivity index (χ1) is 10.9. The van der Waals surface area contributed by atoms with Crippen molar-refractivity contribution in [2.75, 3.05) is 25.5 Å². The Balaban J connectivity index is 2.18.